The lowest BCUT2D eigenvalue weighted by atomic mass is 9.89. The molecule has 0 N–H and O–H groups in total. The lowest BCUT2D eigenvalue weighted by Crippen LogP contribution is -2.47. The average molecular weight is 302 g/mol. The van der Waals surface area contributed by atoms with Crippen LogP contribution < -0.4 is 0 Å². The highest BCUT2D eigenvalue weighted by atomic mass is 16.6. The Bertz CT molecular complexity index is 520. The monoisotopic (exact) mass is 302 g/mol. The van der Waals surface area contributed by atoms with E-state index in [2.05, 4.69) is 28.6 Å². The fourth-order valence-electron chi connectivity index (χ4n) is 3.64. The van der Waals surface area contributed by atoms with Gasteiger partial charge in [0.15, 0.2) is 0 Å². The molecule has 120 valence electrons. The van der Waals surface area contributed by atoms with Crippen LogP contribution in [0.3, 0.4) is 0 Å². The highest BCUT2D eigenvalue weighted by Crippen LogP contribution is 2.36. The molecule has 0 amide bonds. The number of likely N-dealkylation sites (tertiary alicyclic amines) is 1. The van der Waals surface area contributed by atoms with Gasteiger partial charge in [-0.1, -0.05) is 12.1 Å². The molecule has 2 unspecified atom stereocenters. The van der Waals surface area contributed by atoms with E-state index < -0.39 is 0 Å². The molecule has 2 atom stereocenters. The molecule has 1 aromatic heterocycles. The third-order valence-corrected chi connectivity index (χ3v) is 4.57. The van der Waals surface area contributed by atoms with Crippen LogP contribution in [0, 0.1) is 6.92 Å². The topological polar surface area (TPSA) is 34.6 Å². The number of aryl methyl sites for hydroxylation is 1. The molecule has 22 heavy (non-hydrogen) atoms. The molecule has 4 nitrogen and oxygen atoms in total. The normalized spacial score (nSPS) is 29.0. The lowest BCUT2D eigenvalue weighted by molar-refractivity contribution is -0.0546. The van der Waals surface area contributed by atoms with E-state index in [9.17, 15) is 0 Å². The van der Waals surface area contributed by atoms with Crippen molar-refractivity contribution in [2.24, 2.45) is 0 Å². The summed E-state index contributed by atoms with van der Waals surface area (Å²) < 4.78 is 11.9. The molecular formula is C18H26N2O2. The van der Waals surface area contributed by atoms with Crippen molar-refractivity contribution in [3.8, 4) is 0 Å². The van der Waals surface area contributed by atoms with Crippen LogP contribution in [0.5, 0.6) is 0 Å². The standard InChI is InChI=1S/C18H26N2O2/c1-3-10-21-17-11-18(22-13-17)8-5-9-20(14-18)12-16-7-4-6-15(2)19-16/h3-4,6-7,17H,1,5,8-14H2,2H3. The molecule has 0 radical (unpaired) electrons. The number of aromatic nitrogens is 1. The van der Waals surface area contributed by atoms with E-state index in [1.165, 1.54) is 6.42 Å². The van der Waals surface area contributed by atoms with E-state index in [1.54, 1.807) is 0 Å². The van der Waals surface area contributed by atoms with Gasteiger partial charge in [-0.3, -0.25) is 9.88 Å². The summed E-state index contributed by atoms with van der Waals surface area (Å²) in [5.74, 6) is 0. The Morgan fingerprint density at radius 3 is 3.27 bits per heavy atom. The Kier molecular flexibility index (Phi) is 4.91. The van der Waals surface area contributed by atoms with Crippen molar-refractivity contribution < 1.29 is 9.47 Å². The van der Waals surface area contributed by atoms with Gasteiger partial charge >= 0.3 is 0 Å². The average Bonchev–Trinajstić information content (AvgIpc) is 2.88. The molecule has 2 fully saturated rings. The molecule has 0 aromatic carbocycles. The second kappa shape index (κ2) is 6.90. The summed E-state index contributed by atoms with van der Waals surface area (Å²) in [5.41, 5.74) is 2.21. The SMILES string of the molecule is C=CCOC1COC2(CCCN(Cc3cccc(C)n3)C2)C1. The third-order valence-electron chi connectivity index (χ3n) is 4.57. The molecule has 0 bridgehead atoms. The molecule has 4 heteroatoms. The van der Waals surface area contributed by atoms with Crippen LogP contribution >= 0.6 is 0 Å². The zero-order valence-electron chi connectivity index (χ0n) is 13.5. The van der Waals surface area contributed by atoms with Crippen molar-refractivity contribution in [1.82, 2.24) is 9.88 Å². The maximum absolute atomic E-state index is 6.16. The molecule has 2 aliphatic rings. The van der Waals surface area contributed by atoms with Crippen molar-refractivity contribution >= 4 is 0 Å². The Hall–Kier alpha value is -1.23. The fourth-order valence-corrected chi connectivity index (χ4v) is 3.64. The first-order chi connectivity index (χ1) is 10.7. The molecule has 3 rings (SSSR count). The summed E-state index contributed by atoms with van der Waals surface area (Å²) in [4.78, 5) is 7.09. The lowest BCUT2D eigenvalue weighted by Gasteiger charge is -2.39. The maximum Gasteiger partial charge on any atom is 0.0841 e. The zero-order chi connectivity index (χ0) is 15.4. The van der Waals surface area contributed by atoms with E-state index in [0.717, 1.165) is 43.9 Å². The molecule has 0 aliphatic carbocycles. The quantitative estimate of drug-likeness (QED) is 0.783. The largest absolute Gasteiger partial charge is 0.372 e. The number of ether oxygens (including phenoxy) is 2. The van der Waals surface area contributed by atoms with Gasteiger partial charge in [-0.15, -0.1) is 6.58 Å². The van der Waals surface area contributed by atoms with Gasteiger partial charge in [-0.2, -0.15) is 0 Å². The van der Waals surface area contributed by atoms with Crippen LogP contribution in [0.15, 0.2) is 30.9 Å². The van der Waals surface area contributed by atoms with Crippen LogP contribution in [-0.4, -0.2) is 47.9 Å². The van der Waals surface area contributed by atoms with Gasteiger partial charge in [-0.25, -0.2) is 0 Å². The second-order valence-electron chi connectivity index (χ2n) is 6.53. The first kappa shape index (κ1) is 15.7. The van der Waals surface area contributed by atoms with E-state index in [1.807, 2.05) is 19.1 Å². The first-order valence-corrected chi connectivity index (χ1v) is 8.20. The van der Waals surface area contributed by atoms with Crippen LogP contribution in [0.1, 0.15) is 30.7 Å². The molecule has 1 spiro atoms. The number of hydrogen-bond acceptors (Lipinski definition) is 4. The van der Waals surface area contributed by atoms with E-state index in [0.29, 0.717) is 13.2 Å². The Balaban J connectivity index is 1.59. The van der Waals surface area contributed by atoms with Crippen molar-refractivity contribution in [2.75, 3.05) is 26.3 Å². The van der Waals surface area contributed by atoms with E-state index in [4.69, 9.17) is 9.47 Å². The number of nitrogens with zero attached hydrogens (tertiary/aromatic N) is 2. The highest BCUT2D eigenvalue weighted by Gasteiger charge is 2.43. The Morgan fingerprint density at radius 1 is 1.55 bits per heavy atom. The van der Waals surface area contributed by atoms with Crippen LogP contribution in [0.4, 0.5) is 0 Å². The van der Waals surface area contributed by atoms with Gasteiger partial charge < -0.3 is 9.47 Å². The highest BCUT2D eigenvalue weighted by molar-refractivity contribution is 5.10. The fraction of sp³-hybridized carbons (Fsp3) is 0.611. The molecule has 1 aromatic rings. The number of piperidine rings is 1. The number of pyridine rings is 1. The molecule has 3 heterocycles. The minimum absolute atomic E-state index is 0.0199. The Morgan fingerprint density at radius 2 is 2.45 bits per heavy atom. The van der Waals surface area contributed by atoms with Gasteiger partial charge in [0.25, 0.3) is 0 Å². The molecular weight excluding hydrogens is 276 g/mol. The minimum atomic E-state index is -0.0199. The van der Waals surface area contributed by atoms with Crippen LogP contribution in [0.25, 0.3) is 0 Å². The van der Waals surface area contributed by atoms with Gasteiger partial charge in [0.1, 0.15) is 0 Å². The van der Waals surface area contributed by atoms with Gasteiger partial charge in [0.2, 0.25) is 0 Å². The summed E-state index contributed by atoms with van der Waals surface area (Å²) >= 11 is 0. The van der Waals surface area contributed by atoms with E-state index in [-0.39, 0.29) is 11.7 Å². The summed E-state index contributed by atoms with van der Waals surface area (Å²) in [6, 6.07) is 6.24. The van der Waals surface area contributed by atoms with Crippen molar-refractivity contribution in [2.45, 2.75) is 44.4 Å². The van der Waals surface area contributed by atoms with Crippen molar-refractivity contribution in [3.05, 3.63) is 42.2 Å². The van der Waals surface area contributed by atoms with Crippen molar-refractivity contribution in [3.63, 3.8) is 0 Å². The van der Waals surface area contributed by atoms with Gasteiger partial charge in [0, 0.05) is 25.2 Å². The third kappa shape index (κ3) is 3.75. The number of hydrogen-bond donors (Lipinski definition) is 0. The van der Waals surface area contributed by atoms with E-state index >= 15 is 0 Å². The molecule has 0 saturated carbocycles. The summed E-state index contributed by atoms with van der Waals surface area (Å²) in [5, 5.41) is 0. The summed E-state index contributed by atoms with van der Waals surface area (Å²) in [7, 11) is 0. The van der Waals surface area contributed by atoms with Crippen molar-refractivity contribution in [1.29, 1.82) is 0 Å². The predicted molar refractivity (Wildman–Crippen MR) is 86.7 cm³/mol. The van der Waals surface area contributed by atoms with Gasteiger partial charge in [0.05, 0.1) is 30.6 Å². The van der Waals surface area contributed by atoms with Gasteiger partial charge in [-0.05, 0) is 38.4 Å². The number of rotatable bonds is 5. The summed E-state index contributed by atoms with van der Waals surface area (Å²) in [6.07, 6.45) is 5.34. The summed E-state index contributed by atoms with van der Waals surface area (Å²) in [6.45, 7) is 10.1. The minimum Gasteiger partial charge on any atom is -0.372 e. The zero-order valence-corrected chi connectivity index (χ0v) is 13.5. The molecule has 2 aliphatic heterocycles. The predicted octanol–water partition coefficient (Wildman–Crippen LogP) is 2.72. The molecule has 2 saturated heterocycles. The Labute approximate surface area is 133 Å². The first-order valence-electron chi connectivity index (χ1n) is 8.20. The maximum atomic E-state index is 6.16. The van der Waals surface area contributed by atoms with Crippen LogP contribution in [0.2, 0.25) is 0 Å². The van der Waals surface area contributed by atoms with Crippen LogP contribution in [-0.2, 0) is 16.0 Å². The smallest absolute Gasteiger partial charge is 0.0841 e. The second-order valence-corrected chi connectivity index (χ2v) is 6.53.